The summed E-state index contributed by atoms with van der Waals surface area (Å²) in [7, 11) is 0. The molecule has 0 heterocycles. The number of carbonyl (C=O) groups is 1. The van der Waals surface area contributed by atoms with Gasteiger partial charge in [-0.1, -0.05) is 13.8 Å². The van der Waals surface area contributed by atoms with Crippen LogP contribution in [0.15, 0.2) is 18.2 Å². The predicted molar refractivity (Wildman–Crippen MR) is 54.9 cm³/mol. The summed E-state index contributed by atoms with van der Waals surface area (Å²) in [6, 6.07) is 1.88. The van der Waals surface area contributed by atoms with Crippen molar-refractivity contribution in [1.82, 2.24) is 0 Å². The van der Waals surface area contributed by atoms with Crippen LogP contribution in [0.25, 0.3) is 0 Å². The van der Waals surface area contributed by atoms with Crippen LogP contribution < -0.4 is 5.32 Å². The first-order chi connectivity index (χ1) is 7.71. The highest BCUT2D eigenvalue weighted by atomic mass is 19.4. The number of alkyl halides is 3. The van der Waals surface area contributed by atoms with Crippen LogP contribution in [0, 0.1) is 11.7 Å². The number of anilines is 1. The van der Waals surface area contributed by atoms with Crippen molar-refractivity contribution in [3.05, 3.63) is 29.6 Å². The van der Waals surface area contributed by atoms with Crippen molar-refractivity contribution >= 4 is 11.6 Å². The molecule has 0 fully saturated rings. The Kier molecular flexibility index (Phi) is 3.75. The van der Waals surface area contributed by atoms with E-state index in [4.69, 9.17) is 0 Å². The Hall–Kier alpha value is -1.59. The van der Waals surface area contributed by atoms with Gasteiger partial charge in [-0.15, -0.1) is 0 Å². The van der Waals surface area contributed by atoms with Crippen LogP contribution in [0.4, 0.5) is 23.2 Å². The zero-order chi connectivity index (χ0) is 13.2. The van der Waals surface area contributed by atoms with Crippen LogP contribution in [0.3, 0.4) is 0 Å². The average Bonchev–Trinajstić information content (AvgIpc) is 2.19. The largest absolute Gasteiger partial charge is 0.416 e. The van der Waals surface area contributed by atoms with Crippen molar-refractivity contribution in [3.63, 3.8) is 0 Å². The van der Waals surface area contributed by atoms with Gasteiger partial charge in [-0.3, -0.25) is 4.79 Å². The van der Waals surface area contributed by atoms with Crippen molar-refractivity contribution in [1.29, 1.82) is 0 Å². The molecule has 0 bridgehead atoms. The summed E-state index contributed by atoms with van der Waals surface area (Å²) in [5.74, 6) is -1.88. The number of rotatable bonds is 2. The quantitative estimate of drug-likeness (QED) is 0.799. The number of hydrogen-bond acceptors (Lipinski definition) is 1. The van der Waals surface area contributed by atoms with Crippen LogP contribution >= 0.6 is 0 Å². The highest BCUT2D eigenvalue weighted by Gasteiger charge is 2.31. The molecular weight excluding hydrogens is 238 g/mol. The number of nitrogens with one attached hydrogen (secondary N) is 1. The number of carbonyl (C=O) groups excluding carboxylic acids is 1. The minimum atomic E-state index is -4.56. The molecular formula is C11H11F4NO. The standard InChI is InChI=1S/C11H11F4NO/c1-6(2)10(17)16-9-5-7(11(13,14)15)3-4-8(9)12/h3-6H,1-2H3,(H,16,17). The van der Waals surface area contributed by atoms with Gasteiger partial charge in [-0.05, 0) is 18.2 Å². The summed E-state index contributed by atoms with van der Waals surface area (Å²) in [6.45, 7) is 3.11. The molecule has 0 saturated carbocycles. The van der Waals surface area contributed by atoms with E-state index in [1.165, 1.54) is 0 Å². The second-order valence-electron chi connectivity index (χ2n) is 3.84. The zero-order valence-electron chi connectivity index (χ0n) is 9.23. The molecule has 6 heteroatoms. The third kappa shape index (κ3) is 3.44. The van der Waals surface area contributed by atoms with Crippen LogP contribution in [0.2, 0.25) is 0 Å². The van der Waals surface area contributed by atoms with Crippen molar-refractivity contribution in [2.75, 3.05) is 5.32 Å². The predicted octanol–water partition coefficient (Wildman–Crippen LogP) is 3.44. The summed E-state index contributed by atoms with van der Waals surface area (Å²) >= 11 is 0. The van der Waals surface area contributed by atoms with E-state index in [0.29, 0.717) is 18.2 Å². The van der Waals surface area contributed by atoms with Crippen LogP contribution in [-0.4, -0.2) is 5.91 Å². The molecule has 1 amide bonds. The maximum absolute atomic E-state index is 13.2. The summed E-state index contributed by atoms with van der Waals surface area (Å²) in [5.41, 5.74) is -1.46. The molecule has 0 unspecified atom stereocenters. The maximum atomic E-state index is 13.2. The number of halogens is 4. The fourth-order valence-electron chi connectivity index (χ4n) is 1.07. The molecule has 0 spiro atoms. The van der Waals surface area contributed by atoms with Crippen LogP contribution in [-0.2, 0) is 11.0 Å². The zero-order valence-corrected chi connectivity index (χ0v) is 9.23. The Morgan fingerprint density at radius 3 is 2.35 bits per heavy atom. The molecule has 17 heavy (non-hydrogen) atoms. The molecule has 1 rings (SSSR count). The highest BCUT2D eigenvalue weighted by Crippen LogP contribution is 2.31. The summed E-state index contributed by atoms with van der Waals surface area (Å²) in [5, 5.41) is 2.11. The Balaban J connectivity index is 3.03. The molecule has 1 aromatic carbocycles. The third-order valence-corrected chi connectivity index (χ3v) is 2.08. The molecule has 1 aromatic rings. The molecule has 0 aromatic heterocycles. The van der Waals surface area contributed by atoms with Crippen LogP contribution in [0.5, 0.6) is 0 Å². The molecule has 0 aliphatic carbocycles. The van der Waals surface area contributed by atoms with Gasteiger partial charge in [0.15, 0.2) is 0 Å². The normalized spacial score (nSPS) is 11.7. The second-order valence-corrected chi connectivity index (χ2v) is 3.84. The van der Waals surface area contributed by atoms with Gasteiger partial charge in [0, 0.05) is 5.92 Å². The molecule has 0 atom stereocenters. The molecule has 0 aliphatic rings. The van der Waals surface area contributed by atoms with Gasteiger partial charge in [0.2, 0.25) is 5.91 Å². The monoisotopic (exact) mass is 249 g/mol. The van der Waals surface area contributed by atoms with Gasteiger partial charge >= 0.3 is 6.18 Å². The topological polar surface area (TPSA) is 29.1 Å². The lowest BCUT2D eigenvalue weighted by molar-refractivity contribution is -0.137. The Morgan fingerprint density at radius 1 is 1.29 bits per heavy atom. The smallest absolute Gasteiger partial charge is 0.323 e. The van der Waals surface area contributed by atoms with Crippen LogP contribution in [0.1, 0.15) is 19.4 Å². The maximum Gasteiger partial charge on any atom is 0.416 e. The van der Waals surface area contributed by atoms with Gasteiger partial charge < -0.3 is 5.32 Å². The summed E-state index contributed by atoms with van der Waals surface area (Å²) < 4.78 is 50.3. The Bertz CT molecular complexity index is 426. The van der Waals surface area contributed by atoms with Gasteiger partial charge in [-0.25, -0.2) is 4.39 Å². The molecule has 0 aliphatic heterocycles. The SMILES string of the molecule is CC(C)C(=O)Nc1cc(C(F)(F)F)ccc1F. The van der Waals surface area contributed by atoms with Gasteiger partial charge in [0.25, 0.3) is 0 Å². The summed E-state index contributed by atoms with van der Waals surface area (Å²) in [4.78, 5) is 11.3. The second kappa shape index (κ2) is 4.73. The van der Waals surface area contributed by atoms with E-state index in [0.717, 1.165) is 0 Å². The number of amides is 1. The lowest BCUT2D eigenvalue weighted by Gasteiger charge is -2.12. The lowest BCUT2D eigenvalue weighted by atomic mass is 10.1. The molecule has 94 valence electrons. The van der Waals surface area contributed by atoms with Crippen molar-refractivity contribution in [3.8, 4) is 0 Å². The number of hydrogen-bond donors (Lipinski definition) is 1. The number of benzene rings is 1. The fourth-order valence-corrected chi connectivity index (χ4v) is 1.07. The van der Waals surface area contributed by atoms with Crippen molar-refractivity contribution in [2.45, 2.75) is 20.0 Å². The van der Waals surface area contributed by atoms with Gasteiger partial charge in [0.05, 0.1) is 11.3 Å². The average molecular weight is 249 g/mol. The highest BCUT2D eigenvalue weighted by molar-refractivity contribution is 5.92. The first kappa shape index (κ1) is 13.5. The van der Waals surface area contributed by atoms with E-state index in [-0.39, 0.29) is 0 Å². The van der Waals surface area contributed by atoms with E-state index in [9.17, 15) is 22.4 Å². The molecule has 2 nitrogen and oxygen atoms in total. The molecule has 0 saturated heterocycles. The van der Waals surface area contributed by atoms with E-state index < -0.39 is 35.1 Å². The minimum Gasteiger partial charge on any atom is -0.323 e. The molecule has 1 N–H and O–H groups in total. The first-order valence-electron chi connectivity index (χ1n) is 4.89. The lowest BCUT2D eigenvalue weighted by Crippen LogP contribution is -2.19. The van der Waals surface area contributed by atoms with Crippen molar-refractivity contribution < 1.29 is 22.4 Å². The Morgan fingerprint density at radius 2 is 1.88 bits per heavy atom. The van der Waals surface area contributed by atoms with E-state index in [2.05, 4.69) is 5.32 Å². The first-order valence-corrected chi connectivity index (χ1v) is 4.89. The fraction of sp³-hybridized carbons (Fsp3) is 0.364. The van der Waals surface area contributed by atoms with E-state index >= 15 is 0 Å². The van der Waals surface area contributed by atoms with Gasteiger partial charge in [-0.2, -0.15) is 13.2 Å². The van der Waals surface area contributed by atoms with E-state index in [1.807, 2.05) is 0 Å². The Labute approximate surface area is 95.6 Å². The third-order valence-electron chi connectivity index (χ3n) is 2.08. The van der Waals surface area contributed by atoms with Gasteiger partial charge in [0.1, 0.15) is 5.82 Å². The summed E-state index contributed by atoms with van der Waals surface area (Å²) in [6.07, 6.45) is -4.56. The van der Waals surface area contributed by atoms with Crippen molar-refractivity contribution in [2.24, 2.45) is 5.92 Å². The molecule has 0 radical (unpaired) electrons. The minimum absolute atomic E-state index is 0.441. The van der Waals surface area contributed by atoms with E-state index in [1.54, 1.807) is 13.8 Å².